The highest BCUT2D eigenvalue weighted by Gasteiger charge is 2.24. The molecule has 2 nitrogen and oxygen atoms in total. The van der Waals surface area contributed by atoms with Gasteiger partial charge in [-0.3, -0.25) is 4.98 Å². The SMILES string of the molecule is CC(Cl)C(C)(C)Nc1ccnc2ccccc12. The number of pyridine rings is 1. The van der Waals surface area contributed by atoms with Crippen molar-refractivity contribution in [1.29, 1.82) is 0 Å². The van der Waals surface area contributed by atoms with E-state index in [9.17, 15) is 0 Å². The quantitative estimate of drug-likeness (QED) is 0.829. The third kappa shape index (κ3) is 2.52. The van der Waals surface area contributed by atoms with Gasteiger partial charge in [0.1, 0.15) is 0 Å². The van der Waals surface area contributed by atoms with Crippen LogP contribution in [0.4, 0.5) is 5.69 Å². The van der Waals surface area contributed by atoms with Gasteiger partial charge in [-0.25, -0.2) is 0 Å². The number of nitrogens with zero attached hydrogens (tertiary/aromatic N) is 1. The van der Waals surface area contributed by atoms with E-state index in [1.807, 2.05) is 37.4 Å². The Morgan fingerprint density at radius 1 is 1.24 bits per heavy atom. The summed E-state index contributed by atoms with van der Waals surface area (Å²) in [6.45, 7) is 6.19. The number of rotatable bonds is 3. The molecule has 0 saturated carbocycles. The average molecular weight is 249 g/mol. The third-order valence-electron chi connectivity index (χ3n) is 3.10. The first-order valence-corrected chi connectivity index (χ1v) is 6.20. The third-order valence-corrected chi connectivity index (χ3v) is 3.65. The van der Waals surface area contributed by atoms with Crippen LogP contribution in [0, 0.1) is 0 Å². The van der Waals surface area contributed by atoms with Crippen molar-refractivity contribution in [2.24, 2.45) is 0 Å². The molecule has 1 atom stereocenters. The van der Waals surface area contributed by atoms with Crippen LogP contribution in [0.15, 0.2) is 36.5 Å². The first kappa shape index (κ1) is 12.2. The average Bonchev–Trinajstić information content (AvgIpc) is 2.29. The highest BCUT2D eigenvalue weighted by molar-refractivity contribution is 6.21. The van der Waals surface area contributed by atoms with E-state index in [-0.39, 0.29) is 10.9 Å². The molecule has 0 fully saturated rings. The molecule has 1 heterocycles. The number of para-hydroxylation sites is 1. The highest BCUT2D eigenvalue weighted by atomic mass is 35.5. The lowest BCUT2D eigenvalue weighted by molar-refractivity contribution is 0.556. The van der Waals surface area contributed by atoms with Crippen LogP contribution in [0.25, 0.3) is 10.9 Å². The first-order chi connectivity index (χ1) is 8.00. The zero-order valence-electron chi connectivity index (χ0n) is 10.4. The molecular formula is C14H17ClN2. The normalized spacial score (nSPS) is 13.6. The lowest BCUT2D eigenvalue weighted by Crippen LogP contribution is -2.39. The number of anilines is 1. The molecule has 1 N–H and O–H groups in total. The number of fused-ring (bicyclic) bond motifs is 1. The molecule has 0 aliphatic rings. The number of nitrogens with one attached hydrogen (secondary N) is 1. The fourth-order valence-corrected chi connectivity index (χ4v) is 1.71. The van der Waals surface area contributed by atoms with Crippen molar-refractivity contribution in [1.82, 2.24) is 4.98 Å². The summed E-state index contributed by atoms with van der Waals surface area (Å²) >= 11 is 6.19. The van der Waals surface area contributed by atoms with Gasteiger partial charge in [0.05, 0.1) is 10.9 Å². The molecule has 2 rings (SSSR count). The second kappa shape index (κ2) is 4.53. The maximum atomic E-state index is 6.19. The zero-order valence-corrected chi connectivity index (χ0v) is 11.1. The molecule has 0 aliphatic heterocycles. The van der Waals surface area contributed by atoms with E-state index in [2.05, 4.69) is 30.2 Å². The summed E-state index contributed by atoms with van der Waals surface area (Å²) in [6.07, 6.45) is 1.82. The highest BCUT2D eigenvalue weighted by Crippen LogP contribution is 2.27. The number of halogens is 1. The molecule has 0 bridgehead atoms. The summed E-state index contributed by atoms with van der Waals surface area (Å²) in [7, 11) is 0. The van der Waals surface area contributed by atoms with Gasteiger partial charge >= 0.3 is 0 Å². The Hall–Kier alpha value is -1.28. The molecule has 1 aromatic heterocycles. The number of benzene rings is 1. The molecule has 1 unspecified atom stereocenters. The predicted octanol–water partition coefficient (Wildman–Crippen LogP) is 4.05. The van der Waals surface area contributed by atoms with Crippen LogP contribution in [0.3, 0.4) is 0 Å². The molecule has 2 aromatic rings. The minimum absolute atomic E-state index is 0.0365. The summed E-state index contributed by atoms with van der Waals surface area (Å²) in [6, 6.07) is 10.1. The Labute approximate surface area is 107 Å². The van der Waals surface area contributed by atoms with Crippen molar-refractivity contribution in [3.63, 3.8) is 0 Å². The Kier molecular flexibility index (Phi) is 3.25. The van der Waals surface area contributed by atoms with Gasteiger partial charge < -0.3 is 5.32 Å². The van der Waals surface area contributed by atoms with Crippen LogP contribution in [0.5, 0.6) is 0 Å². The standard InChI is InChI=1S/C14H17ClN2/c1-10(15)14(2,3)17-13-8-9-16-12-7-5-4-6-11(12)13/h4-10H,1-3H3,(H,16,17). The summed E-state index contributed by atoms with van der Waals surface area (Å²) in [5, 5.41) is 4.65. The molecular weight excluding hydrogens is 232 g/mol. The van der Waals surface area contributed by atoms with Crippen molar-refractivity contribution < 1.29 is 0 Å². The fourth-order valence-electron chi connectivity index (χ4n) is 1.65. The van der Waals surface area contributed by atoms with Crippen LogP contribution in [-0.4, -0.2) is 15.9 Å². The molecule has 0 radical (unpaired) electrons. The largest absolute Gasteiger partial charge is 0.378 e. The monoisotopic (exact) mass is 248 g/mol. The van der Waals surface area contributed by atoms with Crippen molar-refractivity contribution in [2.45, 2.75) is 31.7 Å². The summed E-state index contributed by atoms with van der Waals surface area (Å²) in [5.41, 5.74) is 1.91. The van der Waals surface area contributed by atoms with Crippen LogP contribution in [-0.2, 0) is 0 Å². The van der Waals surface area contributed by atoms with Gasteiger partial charge in [-0.2, -0.15) is 0 Å². The van der Waals surface area contributed by atoms with Gasteiger partial charge in [-0.1, -0.05) is 18.2 Å². The van der Waals surface area contributed by atoms with Gasteiger partial charge in [0, 0.05) is 22.8 Å². The maximum Gasteiger partial charge on any atom is 0.0722 e. The smallest absolute Gasteiger partial charge is 0.0722 e. The van der Waals surface area contributed by atoms with Gasteiger partial charge in [0.25, 0.3) is 0 Å². The van der Waals surface area contributed by atoms with E-state index in [1.165, 1.54) is 0 Å². The minimum atomic E-state index is -0.161. The topological polar surface area (TPSA) is 24.9 Å². The summed E-state index contributed by atoms with van der Waals surface area (Å²) < 4.78 is 0. The molecule has 0 saturated heterocycles. The van der Waals surface area contributed by atoms with Crippen molar-refractivity contribution >= 4 is 28.2 Å². The molecule has 1 aromatic carbocycles. The van der Waals surface area contributed by atoms with E-state index in [4.69, 9.17) is 11.6 Å². The first-order valence-electron chi connectivity index (χ1n) is 5.77. The second-order valence-corrected chi connectivity index (χ2v) is 5.49. The molecule has 0 aliphatic carbocycles. The van der Waals surface area contributed by atoms with Crippen LogP contribution in [0.1, 0.15) is 20.8 Å². The molecule has 3 heteroatoms. The van der Waals surface area contributed by atoms with Gasteiger partial charge in [-0.15, -0.1) is 11.6 Å². The Bertz CT molecular complexity index is 515. The lowest BCUT2D eigenvalue weighted by atomic mass is 10.0. The number of aromatic nitrogens is 1. The van der Waals surface area contributed by atoms with Crippen LogP contribution in [0.2, 0.25) is 0 Å². The predicted molar refractivity (Wildman–Crippen MR) is 74.8 cm³/mol. The summed E-state index contributed by atoms with van der Waals surface area (Å²) in [4.78, 5) is 4.34. The number of hydrogen-bond acceptors (Lipinski definition) is 2. The van der Waals surface area contributed by atoms with Gasteiger partial charge in [0.2, 0.25) is 0 Å². The Morgan fingerprint density at radius 3 is 2.65 bits per heavy atom. The van der Waals surface area contributed by atoms with E-state index >= 15 is 0 Å². The number of hydrogen-bond donors (Lipinski definition) is 1. The van der Waals surface area contributed by atoms with E-state index in [0.717, 1.165) is 16.6 Å². The number of alkyl halides is 1. The minimum Gasteiger partial charge on any atom is -0.378 e. The maximum absolute atomic E-state index is 6.19. The van der Waals surface area contributed by atoms with Crippen molar-refractivity contribution in [2.75, 3.05) is 5.32 Å². The fraction of sp³-hybridized carbons (Fsp3) is 0.357. The van der Waals surface area contributed by atoms with E-state index < -0.39 is 0 Å². The Morgan fingerprint density at radius 2 is 1.94 bits per heavy atom. The van der Waals surface area contributed by atoms with Crippen molar-refractivity contribution in [3.05, 3.63) is 36.5 Å². The van der Waals surface area contributed by atoms with Gasteiger partial charge in [-0.05, 0) is 32.9 Å². The molecule has 17 heavy (non-hydrogen) atoms. The molecule has 90 valence electrons. The van der Waals surface area contributed by atoms with Gasteiger partial charge in [0.15, 0.2) is 0 Å². The molecule has 0 amide bonds. The second-order valence-electron chi connectivity index (χ2n) is 4.84. The van der Waals surface area contributed by atoms with Crippen molar-refractivity contribution in [3.8, 4) is 0 Å². The molecule has 0 spiro atoms. The summed E-state index contributed by atoms with van der Waals surface area (Å²) in [5.74, 6) is 0. The van der Waals surface area contributed by atoms with Crippen LogP contribution < -0.4 is 5.32 Å². The Balaban J connectivity index is 2.43. The van der Waals surface area contributed by atoms with Crippen LogP contribution >= 0.6 is 11.6 Å². The lowest BCUT2D eigenvalue weighted by Gasteiger charge is -2.30. The van der Waals surface area contributed by atoms with E-state index in [1.54, 1.807) is 0 Å². The zero-order chi connectivity index (χ0) is 12.5. The van der Waals surface area contributed by atoms with E-state index in [0.29, 0.717) is 0 Å².